The predicted octanol–water partition coefficient (Wildman–Crippen LogP) is 2.30. The van der Waals surface area contributed by atoms with Crippen LogP contribution >= 0.6 is 11.6 Å². The van der Waals surface area contributed by atoms with Crippen LogP contribution in [0.1, 0.15) is 25.3 Å². The number of amides is 1. The van der Waals surface area contributed by atoms with Gasteiger partial charge in [0.1, 0.15) is 0 Å². The molecule has 1 amide bonds. The number of aromatic hydroxyl groups is 1. The maximum atomic E-state index is 11.4. The van der Waals surface area contributed by atoms with Gasteiger partial charge in [-0.15, -0.1) is 0 Å². The lowest BCUT2D eigenvalue weighted by Gasteiger charge is -2.08. The number of nitrogens with one attached hydrogen (secondary N) is 1. The highest BCUT2D eigenvalue weighted by Crippen LogP contribution is 2.34. The van der Waals surface area contributed by atoms with Crippen LogP contribution in [0.15, 0.2) is 17.2 Å². The summed E-state index contributed by atoms with van der Waals surface area (Å²) in [5.74, 6) is 0.248. The second-order valence-corrected chi connectivity index (χ2v) is 4.70. The summed E-state index contributed by atoms with van der Waals surface area (Å²) in [4.78, 5) is 11.4. The highest BCUT2D eigenvalue weighted by atomic mass is 35.5. The van der Waals surface area contributed by atoms with Crippen LogP contribution in [0.3, 0.4) is 0 Å². The van der Waals surface area contributed by atoms with E-state index in [2.05, 4.69) is 10.5 Å². The van der Waals surface area contributed by atoms with Gasteiger partial charge in [0, 0.05) is 5.92 Å². The van der Waals surface area contributed by atoms with E-state index >= 15 is 0 Å². The number of hydrogen-bond donors (Lipinski definition) is 2. The number of phenols is 1. The van der Waals surface area contributed by atoms with E-state index < -0.39 is 0 Å². The molecule has 1 saturated carbocycles. The highest BCUT2D eigenvalue weighted by molar-refractivity contribution is 6.32. The summed E-state index contributed by atoms with van der Waals surface area (Å²) in [6.07, 6.45) is 3.33. The molecule has 1 aromatic rings. The number of hydrogen-bond acceptors (Lipinski definition) is 4. The zero-order chi connectivity index (χ0) is 13.8. The molecule has 0 spiro atoms. The van der Waals surface area contributed by atoms with Gasteiger partial charge in [-0.1, -0.05) is 11.6 Å². The topological polar surface area (TPSA) is 70.9 Å². The standard InChI is InChI=1S/C13H15ClN2O3/c1-2-19-11-6-8(5-10(14)12(11)17)7-15-16-13(18)9-3-4-9/h5-7,9,17H,2-4H2,1H3,(H,16,18)/b15-7+. The lowest BCUT2D eigenvalue weighted by molar-refractivity contribution is -0.122. The minimum Gasteiger partial charge on any atom is -0.503 e. The van der Waals surface area contributed by atoms with Crippen molar-refractivity contribution in [3.05, 3.63) is 22.7 Å². The Bertz CT molecular complexity index is 513. The fourth-order valence-electron chi connectivity index (χ4n) is 1.54. The first-order valence-electron chi connectivity index (χ1n) is 6.10. The number of ether oxygens (including phenoxy) is 1. The minimum atomic E-state index is -0.0947. The molecule has 1 aliphatic carbocycles. The van der Waals surface area contributed by atoms with E-state index in [0.717, 1.165) is 12.8 Å². The van der Waals surface area contributed by atoms with Crippen molar-refractivity contribution in [2.45, 2.75) is 19.8 Å². The number of carbonyl (C=O) groups is 1. The molecule has 2 rings (SSSR count). The molecule has 1 aromatic carbocycles. The maximum Gasteiger partial charge on any atom is 0.243 e. The first kappa shape index (κ1) is 13.7. The maximum absolute atomic E-state index is 11.4. The Morgan fingerprint density at radius 3 is 3.00 bits per heavy atom. The summed E-state index contributed by atoms with van der Waals surface area (Å²) in [7, 11) is 0. The fourth-order valence-corrected chi connectivity index (χ4v) is 1.76. The molecule has 102 valence electrons. The molecule has 0 radical (unpaired) electrons. The summed E-state index contributed by atoms with van der Waals surface area (Å²) in [5.41, 5.74) is 3.10. The van der Waals surface area contributed by atoms with Crippen molar-refractivity contribution in [3.8, 4) is 11.5 Å². The number of hydrazone groups is 1. The Balaban J connectivity index is 2.06. The highest BCUT2D eigenvalue weighted by Gasteiger charge is 2.29. The van der Waals surface area contributed by atoms with Crippen LogP contribution < -0.4 is 10.2 Å². The van der Waals surface area contributed by atoms with Gasteiger partial charge in [-0.3, -0.25) is 4.79 Å². The van der Waals surface area contributed by atoms with Gasteiger partial charge < -0.3 is 9.84 Å². The van der Waals surface area contributed by atoms with Crippen molar-refractivity contribution in [1.82, 2.24) is 5.43 Å². The Morgan fingerprint density at radius 1 is 1.63 bits per heavy atom. The molecule has 0 bridgehead atoms. The number of carbonyl (C=O) groups excluding carboxylic acids is 1. The lowest BCUT2D eigenvalue weighted by atomic mass is 10.2. The van der Waals surface area contributed by atoms with Gasteiger partial charge in [0.25, 0.3) is 0 Å². The normalized spacial score (nSPS) is 14.6. The lowest BCUT2D eigenvalue weighted by Crippen LogP contribution is -2.18. The summed E-state index contributed by atoms with van der Waals surface area (Å²) in [6, 6.07) is 3.16. The number of nitrogens with zero attached hydrogens (tertiary/aromatic N) is 1. The monoisotopic (exact) mass is 282 g/mol. The Morgan fingerprint density at radius 2 is 2.37 bits per heavy atom. The second kappa shape index (κ2) is 5.93. The van der Waals surface area contributed by atoms with Crippen LogP contribution in [0.25, 0.3) is 0 Å². The van der Waals surface area contributed by atoms with Crippen molar-refractivity contribution < 1.29 is 14.6 Å². The van der Waals surface area contributed by atoms with E-state index in [1.165, 1.54) is 6.21 Å². The van der Waals surface area contributed by atoms with Crippen molar-refractivity contribution in [2.24, 2.45) is 11.0 Å². The number of phenolic OH excluding ortho intramolecular Hbond substituents is 1. The smallest absolute Gasteiger partial charge is 0.243 e. The molecule has 0 aliphatic heterocycles. The van der Waals surface area contributed by atoms with Crippen LogP contribution in [0.4, 0.5) is 0 Å². The van der Waals surface area contributed by atoms with Gasteiger partial charge in [0.15, 0.2) is 11.5 Å². The molecule has 0 heterocycles. The minimum absolute atomic E-state index is 0.0637. The van der Waals surface area contributed by atoms with E-state index in [1.54, 1.807) is 12.1 Å². The zero-order valence-electron chi connectivity index (χ0n) is 10.5. The van der Waals surface area contributed by atoms with Crippen LogP contribution in [-0.4, -0.2) is 23.8 Å². The molecule has 0 saturated heterocycles. The quantitative estimate of drug-likeness (QED) is 0.643. The molecular formula is C13H15ClN2O3. The molecule has 0 unspecified atom stereocenters. The van der Waals surface area contributed by atoms with Crippen molar-refractivity contribution in [2.75, 3.05) is 6.61 Å². The molecule has 1 aliphatic rings. The van der Waals surface area contributed by atoms with Crippen molar-refractivity contribution in [1.29, 1.82) is 0 Å². The Labute approximate surface area is 116 Å². The van der Waals surface area contributed by atoms with Crippen molar-refractivity contribution >= 4 is 23.7 Å². The number of halogens is 1. The first-order chi connectivity index (χ1) is 9.11. The van der Waals surface area contributed by atoms with Crippen LogP contribution in [0.5, 0.6) is 11.5 Å². The molecule has 6 heteroatoms. The molecule has 1 fully saturated rings. The SMILES string of the molecule is CCOc1cc(/C=N/NC(=O)C2CC2)cc(Cl)c1O. The summed E-state index contributed by atoms with van der Waals surface area (Å²) < 4.78 is 5.25. The average Bonchev–Trinajstić information content (AvgIpc) is 3.19. The fraction of sp³-hybridized carbons (Fsp3) is 0.385. The average molecular weight is 283 g/mol. The molecule has 5 nitrogen and oxygen atoms in total. The van der Waals surface area contributed by atoms with Gasteiger partial charge in [-0.05, 0) is 37.5 Å². The molecular weight excluding hydrogens is 268 g/mol. The third-order valence-corrected chi connectivity index (χ3v) is 2.98. The van der Waals surface area contributed by atoms with Gasteiger partial charge in [0.2, 0.25) is 5.91 Å². The number of benzene rings is 1. The molecule has 2 N–H and O–H groups in total. The predicted molar refractivity (Wildman–Crippen MR) is 72.7 cm³/mol. The molecule has 0 atom stereocenters. The second-order valence-electron chi connectivity index (χ2n) is 4.29. The third-order valence-electron chi connectivity index (χ3n) is 2.69. The van der Waals surface area contributed by atoms with Gasteiger partial charge in [-0.25, -0.2) is 5.43 Å². The summed E-state index contributed by atoms with van der Waals surface area (Å²) in [6.45, 7) is 2.23. The van der Waals surface area contributed by atoms with E-state index in [4.69, 9.17) is 16.3 Å². The van der Waals surface area contributed by atoms with Gasteiger partial charge >= 0.3 is 0 Å². The van der Waals surface area contributed by atoms with Crippen LogP contribution in [0.2, 0.25) is 5.02 Å². The molecule has 19 heavy (non-hydrogen) atoms. The van der Waals surface area contributed by atoms with Crippen LogP contribution in [-0.2, 0) is 4.79 Å². The summed E-state index contributed by atoms with van der Waals surface area (Å²) in [5, 5.41) is 13.7. The van der Waals surface area contributed by atoms with E-state index in [1.807, 2.05) is 6.92 Å². The van der Waals surface area contributed by atoms with Crippen LogP contribution in [0, 0.1) is 5.92 Å². The zero-order valence-corrected chi connectivity index (χ0v) is 11.3. The van der Waals surface area contributed by atoms with E-state index in [-0.39, 0.29) is 22.6 Å². The summed E-state index contributed by atoms with van der Waals surface area (Å²) >= 11 is 5.88. The van der Waals surface area contributed by atoms with E-state index in [9.17, 15) is 9.90 Å². The van der Waals surface area contributed by atoms with Gasteiger partial charge in [-0.2, -0.15) is 5.10 Å². The Hall–Kier alpha value is -1.75. The van der Waals surface area contributed by atoms with E-state index in [0.29, 0.717) is 17.9 Å². The number of rotatable bonds is 5. The first-order valence-corrected chi connectivity index (χ1v) is 6.47. The Kier molecular flexibility index (Phi) is 4.27. The largest absolute Gasteiger partial charge is 0.503 e. The van der Waals surface area contributed by atoms with Crippen molar-refractivity contribution in [3.63, 3.8) is 0 Å². The third kappa shape index (κ3) is 3.61. The molecule has 0 aromatic heterocycles. The van der Waals surface area contributed by atoms with Gasteiger partial charge in [0.05, 0.1) is 17.8 Å².